The van der Waals surface area contributed by atoms with E-state index in [0.29, 0.717) is 18.4 Å². The zero-order chi connectivity index (χ0) is 53.3. The number of alkyl carbamates (subject to hydrolysis) is 1. The number of amides is 3. The normalized spacial score (nSPS) is 20.0. The molecule has 19 heteroatoms. The Balaban J connectivity index is 0.000000321. The summed E-state index contributed by atoms with van der Waals surface area (Å²) in [5, 5.41) is 12.8. The van der Waals surface area contributed by atoms with Gasteiger partial charge in [0.05, 0.1) is 30.1 Å². The van der Waals surface area contributed by atoms with Gasteiger partial charge in [0, 0.05) is 38.4 Å². The van der Waals surface area contributed by atoms with Crippen LogP contribution in [0.15, 0.2) is 66.7 Å². The molecule has 72 heavy (non-hydrogen) atoms. The topological polar surface area (TPSA) is 172 Å². The van der Waals surface area contributed by atoms with Gasteiger partial charge in [0.2, 0.25) is 0 Å². The van der Waals surface area contributed by atoms with Crippen molar-refractivity contribution in [3.63, 3.8) is 0 Å². The van der Waals surface area contributed by atoms with Crippen LogP contribution in [0.5, 0.6) is 0 Å². The number of carboxylic acid groups (broad SMARTS) is 1. The Morgan fingerprint density at radius 3 is 1.50 bits per heavy atom. The number of hydrogen-bond donors (Lipinski definition) is 2. The monoisotopic (exact) mass is 1020 g/mol. The lowest BCUT2D eigenvalue weighted by molar-refractivity contribution is -0.162. The minimum atomic E-state index is -1.20. The van der Waals surface area contributed by atoms with Gasteiger partial charge in [-0.3, -0.25) is 14.6 Å². The number of ether oxygens (including phenoxy) is 7. The van der Waals surface area contributed by atoms with Crippen LogP contribution in [0.2, 0.25) is 0 Å². The number of methoxy groups -OCH3 is 2. The number of hydrogen-bond acceptors (Lipinski definition) is 11. The Morgan fingerprint density at radius 2 is 1.07 bits per heavy atom. The highest BCUT2D eigenvalue weighted by Gasteiger charge is 2.46. The molecule has 0 aromatic heterocycles. The van der Waals surface area contributed by atoms with Crippen LogP contribution in [0.3, 0.4) is 0 Å². The first-order valence-electron chi connectivity index (χ1n) is 24.2. The van der Waals surface area contributed by atoms with Crippen molar-refractivity contribution in [1.29, 1.82) is 0 Å². The van der Waals surface area contributed by atoms with Crippen molar-refractivity contribution >= 4 is 24.2 Å². The van der Waals surface area contributed by atoms with Gasteiger partial charge >= 0.3 is 24.2 Å². The molecule has 2 saturated heterocycles. The second kappa shape index (κ2) is 27.5. The van der Waals surface area contributed by atoms with Gasteiger partial charge in [-0.15, -0.1) is 0 Å². The van der Waals surface area contributed by atoms with Gasteiger partial charge in [0.25, 0.3) is 0 Å². The van der Waals surface area contributed by atoms with Gasteiger partial charge < -0.3 is 43.6 Å². The highest BCUT2D eigenvalue weighted by Crippen LogP contribution is 2.34. The fourth-order valence-corrected chi connectivity index (χ4v) is 9.12. The number of nitrogens with zero attached hydrogens (tertiary/aromatic N) is 2. The number of carbonyl (C=O) groups excluding carboxylic acids is 3. The van der Waals surface area contributed by atoms with Crippen LogP contribution in [-0.2, 0) is 57.4 Å². The van der Waals surface area contributed by atoms with Gasteiger partial charge in [-0.05, 0) is 148 Å². The number of halogens is 4. The molecule has 2 fully saturated rings. The summed E-state index contributed by atoms with van der Waals surface area (Å²) in [5.41, 5.74) is -0.156. The molecule has 2 N–H and O–H groups in total. The van der Waals surface area contributed by atoms with Gasteiger partial charge in [-0.25, -0.2) is 31.9 Å². The molecule has 0 bridgehead atoms. The Bertz CT molecular complexity index is 2170. The Morgan fingerprint density at radius 1 is 0.639 bits per heavy atom. The second-order valence-electron chi connectivity index (χ2n) is 20.3. The first-order valence-corrected chi connectivity index (χ1v) is 24.2. The van der Waals surface area contributed by atoms with Crippen molar-refractivity contribution in [2.24, 2.45) is 5.92 Å². The van der Waals surface area contributed by atoms with Crippen LogP contribution in [0, 0.1) is 29.2 Å². The van der Waals surface area contributed by atoms with Crippen molar-refractivity contribution in [1.82, 2.24) is 15.1 Å². The summed E-state index contributed by atoms with van der Waals surface area (Å²) in [6.45, 7) is 14.2. The van der Waals surface area contributed by atoms with E-state index in [4.69, 9.17) is 33.2 Å². The molecule has 0 unspecified atom stereocenters. The van der Waals surface area contributed by atoms with E-state index in [2.05, 4.69) is 5.32 Å². The highest BCUT2D eigenvalue weighted by atomic mass is 19.1. The van der Waals surface area contributed by atoms with Crippen molar-refractivity contribution in [2.45, 2.75) is 167 Å². The van der Waals surface area contributed by atoms with Crippen molar-refractivity contribution in [3.8, 4) is 0 Å². The van der Waals surface area contributed by atoms with Crippen molar-refractivity contribution in [2.75, 3.05) is 27.8 Å². The summed E-state index contributed by atoms with van der Waals surface area (Å²) in [6, 6.07) is 13.0. The molecule has 400 valence electrons. The van der Waals surface area contributed by atoms with E-state index < -0.39 is 95.0 Å². The van der Waals surface area contributed by atoms with Gasteiger partial charge in [0.1, 0.15) is 60.8 Å². The maximum Gasteiger partial charge on any atom is 0.410 e. The molecular weight excluding hydrogens is 947 g/mol. The van der Waals surface area contributed by atoms with Crippen molar-refractivity contribution < 1.29 is 75.0 Å². The third-order valence-corrected chi connectivity index (χ3v) is 12.0. The highest BCUT2D eigenvalue weighted by molar-refractivity contribution is 5.73. The zero-order valence-electron chi connectivity index (χ0n) is 43.1. The van der Waals surface area contributed by atoms with Crippen molar-refractivity contribution in [3.05, 3.63) is 107 Å². The van der Waals surface area contributed by atoms with E-state index in [1.165, 1.54) is 31.3 Å². The summed E-state index contributed by atoms with van der Waals surface area (Å²) in [5.74, 6) is -5.43. The molecule has 15 nitrogen and oxygen atoms in total. The number of carboxylic acids is 1. The Hall–Kier alpha value is -5.50. The number of rotatable bonds is 18. The third kappa shape index (κ3) is 18.8. The average Bonchev–Trinajstić information content (AvgIpc) is 3.26. The Labute approximate surface area is 420 Å². The van der Waals surface area contributed by atoms with Crippen LogP contribution >= 0.6 is 0 Å². The molecule has 0 radical (unpaired) electrons. The Kier molecular flexibility index (Phi) is 22.6. The number of nitrogens with one attached hydrogen (secondary N) is 1. The number of aliphatic carboxylic acids is 1. The molecule has 0 saturated carbocycles. The van der Waals surface area contributed by atoms with Crippen LogP contribution in [0.4, 0.5) is 31.9 Å². The zero-order valence-corrected chi connectivity index (χ0v) is 43.1. The van der Waals surface area contributed by atoms with E-state index in [0.717, 1.165) is 55.5 Å². The minimum Gasteiger partial charge on any atom is -0.481 e. The smallest absolute Gasteiger partial charge is 0.410 e. The lowest BCUT2D eigenvalue weighted by atomic mass is 9.84. The fourth-order valence-electron chi connectivity index (χ4n) is 9.12. The number of likely N-dealkylation sites (tertiary alicyclic amines) is 2. The van der Waals surface area contributed by atoms with Gasteiger partial charge in [0.15, 0.2) is 0 Å². The molecule has 0 aliphatic carbocycles. The average molecular weight is 1020 g/mol. The van der Waals surface area contributed by atoms with E-state index in [-0.39, 0.29) is 50.7 Å². The summed E-state index contributed by atoms with van der Waals surface area (Å²) < 4.78 is 94.5. The lowest BCUT2D eigenvalue weighted by Gasteiger charge is -2.46. The second-order valence-corrected chi connectivity index (χ2v) is 20.3. The predicted molar refractivity (Wildman–Crippen MR) is 259 cm³/mol. The summed E-state index contributed by atoms with van der Waals surface area (Å²) in [4.78, 5) is 54.8. The standard InChI is InChI=1S/C30H40F2N2O6.C23H33F2NO6/c1-20-10-9-13-26(34(20)29(36)40-30(2,3)4)27(39-19-37-5)25(16-22-14-23(31)17-24(32)15-22)33-28(35)38-18-21-11-7-6-8-12-21;1-14-7-6-8-19(26(14)22(29)32-23(2,3)4)20(31-13-30-5)18(21(27)28)11-15-9-16(24)12-17(25)10-15/h6-8,11-12,14-15,17,20,25-27H,9-10,13,16,18-19H2,1-5H3,(H,33,35);9-10,12,14,18-20H,6-8,11,13H2,1-5H3,(H,27,28)/t20-,25-,26+,27-;14-,18-,19+,20-/m00/s1. The molecule has 3 aromatic carbocycles. The minimum absolute atomic E-state index is 0.0105. The summed E-state index contributed by atoms with van der Waals surface area (Å²) in [6.07, 6.45) is 0.382. The van der Waals surface area contributed by atoms with Gasteiger partial charge in [-0.2, -0.15) is 0 Å². The molecule has 2 heterocycles. The maximum absolute atomic E-state index is 14.1. The fraction of sp³-hybridized carbons (Fsp3) is 0.585. The van der Waals surface area contributed by atoms with E-state index >= 15 is 0 Å². The van der Waals surface area contributed by atoms with Crippen LogP contribution < -0.4 is 5.32 Å². The summed E-state index contributed by atoms with van der Waals surface area (Å²) >= 11 is 0. The van der Waals surface area contributed by atoms with E-state index in [9.17, 15) is 41.8 Å². The number of benzene rings is 3. The van der Waals surface area contributed by atoms with E-state index in [1.54, 1.807) is 46.4 Å². The molecule has 5 rings (SSSR count). The molecule has 0 spiro atoms. The quantitative estimate of drug-likeness (QED) is 0.0703. The maximum atomic E-state index is 14.1. The predicted octanol–water partition coefficient (Wildman–Crippen LogP) is 10.3. The lowest BCUT2D eigenvalue weighted by Crippen LogP contribution is -2.61. The summed E-state index contributed by atoms with van der Waals surface area (Å²) in [7, 11) is 2.87. The van der Waals surface area contributed by atoms with Gasteiger partial charge in [-0.1, -0.05) is 30.3 Å². The molecule has 2 aliphatic heterocycles. The largest absolute Gasteiger partial charge is 0.481 e. The van der Waals surface area contributed by atoms with Crippen LogP contribution in [0.25, 0.3) is 0 Å². The van der Waals surface area contributed by atoms with Crippen LogP contribution in [-0.4, -0.2) is 121 Å². The molecule has 8 atom stereocenters. The number of piperidine rings is 2. The number of carbonyl (C=O) groups is 4. The molecule has 3 amide bonds. The SMILES string of the molecule is COCO[C@@H]([C@H](Cc1cc(F)cc(F)c1)C(=O)O)[C@H]1CCC[C@H](C)N1C(=O)OC(C)(C)C.COCO[C@@H]([C@H](Cc1cc(F)cc(F)c1)NC(=O)OCc1ccccc1)[C@H]1CCC[C@H](C)N1C(=O)OC(C)(C)C. The molecular formula is C53H73F4N3O12. The van der Waals surface area contributed by atoms with Crippen LogP contribution in [0.1, 0.15) is 111 Å². The molecule has 3 aromatic rings. The van der Waals surface area contributed by atoms with E-state index in [1.807, 2.05) is 44.2 Å². The first-order chi connectivity index (χ1) is 33.9. The third-order valence-electron chi connectivity index (χ3n) is 12.0. The first kappa shape index (κ1) is 59.1. The molecule has 2 aliphatic rings.